The third-order valence-corrected chi connectivity index (χ3v) is 12.9. The molecule has 2 saturated heterocycles. The first-order valence-corrected chi connectivity index (χ1v) is 24.2. The molecule has 73 heavy (non-hydrogen) atoms. The van der Waals surface area contributed by atoms with Gasteiger partial charge in [0.1, 0.15) is 41.2 Å². The zero-order valence-corrected chi connectivity index (χ0v) is 40.6. The molecule has 370 valence electrons. The normalized spacial score (nSPS) is 14.1. The number of ether oxygens (including phenoxy) is 3. The van der Waals surface area contributed by atoms with Crippen LogP contribution in [-0.4, -0.2) is 108 Å². The molecule has 4 heterocycles. The number of nitrogens with zero attached hydrogens (tertiary/aromatic N) is 6. The maximum Gasteiger partial charge on any atom is 0.256 e. The second-order valence-electron chi connectivity index (χ2n) is 18.0. The molecule has 0 unspecified atom stereocenters. The van der Waals surface area contributed by atoms with Gasteiger partial charge in [-0.05, 0) is 141 Å². The van der Waals surface area contributed by atoms with E-state index in [0.29, 0.717) is 57.8 Å². The number of likely N-dealkylation sites (N-methyl/N-ethyl adjacent to an activating group) is 2. The van der Waals surface area contributed by atoms with Crippen LogP contribution in [0.5, 0.6) is 28.7 Å². The number of H-pyrrole nitrogens is 2. The summed E-state index contributed by atoms with van der Waals surface area (Å²) in [5.74, 6) is 3.03. The van der Waals surface area contributed by atoms with E-state index < -0.39 is 0 Å². The maximum absolute atomic E-state index is 13.4. The van der Waals surface area contributed by atoms with Crippen molar-refractivity contribution in [1.29, 1.82) is 0 Å². The predicted octanol–water partition coefficient (Wildman–Crippen LogP) is 10.4. The van der Waals surface area contributed by atoms with Crippen LogP contribution in [-0.2, 0) is 6.61 Å². The van der Waals surface area contributed by atoms with E-state index in [1.165, 1.54) is 12.1 Å². The van der Waals surface area contributed by atoms with Crippen molar-refractivity contribution in [2.45, 2.75) is 6.61 Å². The molecular weight excluding hydrogens is 924 g/mol. The minimum absolute atomic E-state index is 0.212. The largest absolute Gasteiger partial charge is 0.489 e. The average Bonchev–Trinajstić information content (AvgIpc) is 4.02. The molecule has 15 nitrogen and oxygen atoms in total. The number of aromatic nitrogens is 4. The second-order valence-corrected chi connectivity index (χ2v) is 18.0. The molecule has 2 amide bonds. The van der Waals surface area contributed by atoms with Gasteiger partial charge in [-0.1, -0.05) is 36.4 Å². The van der Waals surface area contributed by atoms with Gasteiger partial charge in [-0.2, -0.15) is 10.2 Å². The van der Waals surface area contributed by atoms with Gasteiger partial charge in [-0.3, -0.25) is 19.8 Å². The minimum atomic E-state index is -0.372. The van der Waals surface area contributed by atoms with Crippen molar-refractivity contribution in [3.05, 3.63) is 186 Å². The van der Waals surface area contributed by atoms with Crippen LogP contribution in [0, 0.1) is 5.82 Å². The van der Waals surface area contributed by atoms with Crippen LogP contribution in [0.3, 0.4) is 0 Å². The molecule has 4 N–H and O–H groups in total. The molecule has 0 saturated carbocycles. The van der Waals surface area contributed by atoms with Crippen molar-refractivity contribution < 1.29 is 28.2 Å². The van der Waals surface area contributed by atoms with E-state index >= 15 is 0 Å². The van der Waals surface area contributed by atoms with Crippen molar-refractivity contribution in [2.24, 2.45) is 0 Å². The van der Waals surface area contributed by atoms with Gasteiger partial charge in [0.25, 0.3) is 11.8 Å². The fourth-order valence-corrected chi connectivity index (χ4v) is 8.59. The van der Waals surface area contributed by atoms with Crippen LogP contribution in [0.2, 0.25) is 0 Å². The Bertz CT molecular complexity index is 3300. The van der Waals surface area contributed by atoms with Crippen molar-refractivity contribution in [1.82, 2.24) is 30.2 Å². The zero-order valence-electron chi connectivity index (χ0n) is 40.6. The highest BCUT2D eigenvalue weighted by Crippen LogP contribution is 2.32. The number of piperazine rings is 2. The predicted molar refractivity (Wildman–Crippen MR) is 284 cm³/mol. The molecule has 2 aliphatic heterocycles. The van der Waals surface area contributed by atoms with Crippen LogP contribution in [0.1, 0.15) is 26.3 Å². The SMILES string of the molecule is CN1CCN(c2ccc(C(=O)Nc3n[nH]c4ccc(Oc5ccc(OCc6ccccc6)cc5)cc34)cc2)CC1.CN1CCN(c2ccc(C(=O)Nc3n[nH]c4ccc(Oc5cccc(F)c5)cc34)cc2)CC1. The Hall–Kier alpha value is -8.73. The van der Waals surface area contributed by atoms with E-state index in [2.05, 4.69) is 64.7 Å². The molecule has 11 rings (SSSR count). The number of carbonyl (C=O) groups excluding carboxylic acids is 2. The number of hydrogen-bond donors (Lipinski definition) is 4. The summed E-state index contributed by atoms with van der Waals surface area (Å²) in [6.45, 7) is 8.55. The lowest BCUT2D eigenvalue weighted by molar-refractivity contribution is 0.101. The molecule has 0 radical (unpaired) electrons. The van der Waals surface area contributed by atoms with E-state index in [0.717, 1.165) is 91.5 Å². The third-order valence-electron chi connectivity index (χ3n) is 12.9. The summed E-state index contributed by atoms with van der Waals surface area (Å²) < 4.78 is 31.1. The first kappa shape index (κ1) is 47.9. The number of nitrogens with one attached hydrogen (secondary N) is 4. The molecule has 2 fully saturated rings. The summed E-state index contributed by atoms with van der Waals surface area (Å²) in [6, 6.07) is 49.8. The molecule has 16 heteroatoms. The number of halogens is 1. The summed E-state index contributed by atoms with van der Waals surface area (Å²) in [5, 5.41) is 21.7. The fraction of sp³-hybridized carbons (Fsp3) is 0.193. The number of benzene rings is 7. The molecule has 0 spiro atoms. The van der Waals surface area contributed by atoms with Crippen molar-refractivity contribution in [3.63, 3.8) is 0 Å². The quantitative estimate of drug-likeness (QED) is 0.0872. The van der Waals surface area contributed by atoms with E-state index in [9.17, 15) is 14.0 Å². The number of carbonyl (C=O) groups is 2. The highest BCUT2D eigenvalue weighted by molar-refractivity contribution is 6.09. The first-order chi connectivity index (χ1) is 35.6. The van der Waals surface area contributed by atoms with Gasteiger partial charge < -0.3 is 44.4 Å². The number of amides is 2. The Labute approximate surface area is 422 Å². The first-order valence-electron chi connectivity index (χ1n) is 24.2. The number of aromatic amines is 2. The van der Waals surface area contributed by atoms with Crippen LogP contribution in [0.4, 0.5) is 27.4 Å². The molecule has 0 atom stereocenters. The van der Waals surface area contributed by atoms with Crippen LogP contribution in [0.25, 0.3) is 21.8 Å². The summed E-state index contributed by atoms with van der Waals surface area (Å²) in [6.07, 6.45) is 0. The van der Waals surface area contributed by atoms with E-state index in [1.54, 1.807) is 30.3 Å². The summed E-state index contributed by atoms with van der Waals surface area (Å²) >= 11 is 0. The Morgan fingerprint density at radius 3 is 1.45 bits per heavy atom. The number of rotatable bonds is 13. The average molecular weight is 979 g/mol. The standard InChI is InChI=1S/C32H31N5O3.C25H24FN5O2/c1-36-17-19-37(20-18-36)25-9-7-24(8-10-25)32(38)33-31-29-21-28(15-16-30(29)34-35-31)40-27-13-11-26(12-14-27)39-22-23-5-3-2-4-6-23;1-30-11-13-31(14-12-30)19-7-5-17(6-8-19)25(32)27-24-22-16-21(9-10-23(22)28-29-24)33-20-4-2-3-18(26)15-20/h2-16,21H,17-20,22H2,1H3,(H2,33,34,35,38);2-10,15-16H,11-14H2,1H3,(H2,27,28,29,32). The van der Waals surface area contributed by atoms with Crippen molar-refractivity contribution >= 4 is 56.6 Å². The van der Waals surface area contributed by atoms with Gasteiger partial charge in [0.15, 0.2) is 11.6 Å². The second kappa shape index (κ2) is 22.1. The smallest absolute Gasteiger partial charge is 0.256 e. The Morgan fingerprint density at radius 2 is 0.959 bits per heavy atom. The molecular formula is C57H55FN10O5. The highest BCUT2D eigenvalue weighted by Gasteiger charge is 2.19. The molecule has 0 bridgehead atoms. The van der Waals surface area contributed by atoms with Gasteiger partial charge in [0, 0.05) is 91.7 Å². The van der Waals surface area contributed by atoms with Crippen molar-refractivity contribution in [2.75, 3.05) is 86.9 Å². The van der Waals surface area contributed by atoms with Gasteiger partial charge in [-0.15, -0.1) is 0 Å². The Kier molecular flexibility index (Phi) is 14.5. The monoisotopic (exact) mass is 978 g/mol. The van der Waals surface area contributed by atoms with Gasteiger partial charge in [-0.25, -0.2) is 4.39 Å². The lowest BCUT2D eigenvalue weighted by atomic mass is 10.1. The van der Waals surface area contributed by atoms with Crippen LogP contribution in [0.15, 0.2) is 164 Å². The zero-order chi connectivity index (χ0) is 50.1. The number of anilines is 4. The summed E-state index contributed by atoms with van der Waals surface area (Å²) in [4.78, 5) is 35.1. The highest BCUT2D eigenvalue weighted by atomic mass is 19.1. The van der Waals surface area contributed by atoms with Gasteiger partial charge in [0.05, 0.1) is 11.0 Å². The summed E-state index contributed by atoms with van der Waals surface area (Å²) in [5.41, 5.74) is 6.05. The number of hydrogen-bond acceptors (Lipinski definition) is 11. The lowest BCUT2D eigenvalue weighted by Crippen LogP contribution is -2.44. The van der Waals surface area contributed by atoms with Gasteiger partial charge >= 0.3 is 0 Å². The molecule has 2 aromatic heterocycles. The van der Waals surface area contributed by atoms with Crippen LogP contribution >= 0.6 is 0 Å². The fourth-order valence-electron chi connectivity index (χ4n) is 8.59. The molecule has 0 aliphatic carbocycles. The topological polar surface area (TPSA) is 156 Å². The van der Waals surface area contributed by atoms with E-state index in [4.69, 9.17) is 14.2 Å². The van der Waals surface area contributed by atoms with E-state index in [-0.39, 0.29) is 17.6 Å². The Morgan fingerprint density at radius 1 is 0.507 bits per heavy atom. The summed E-state index contributed by atoms with van der Waals surface area (Å²) in [7, 11) is 4.26. The maximum atomic E-state index is 13.4. The van der Waals surface area contributed by atoms with Gasteiger partial charge in [0.2, 0.25) is 0 Å². The minimum Gasteiger partial charge on any atom is -0.489 e. The molecule has 7 aromatic carbocycles. The molecule has 2 aliphatic rings. The van der Waals surface area contributed by atoms with Crippen molar-refractivity contribution in [3.8, 4) is 28.7 Å². The molecule has 9 aromatic rings. The van der Waals surface area contributed by atoms with Crippen LogP contribution < -0.4 is 34.6 Å². The lowest BCUT2D eigenvalue weighted by Gasteiger charge is -2.34. The Balaban J connectivity index is 0.000000171. The number of fused-ring (bicyclic) bond motifs is 2. The van der Waals surface area contributed by atoms with E-state index in [1.807, 2.05) is 121 Å². The third kappa shape index (κ3) is 12.1.